The first-order valence-electron chi connectivity index (χ1n) is 9.27. The molecule has 2 aliphatic heterocycles. The molecule has 0 aromatic carbocycles. The van der Waals surface area contributed by atoms with Crippen LogP contribution in [0, 0.1) is 5.92 Å². The fourth-order valence-corrected chi connectivity index (χ4v) is 3.48. The number of ether oxygens (including phenoxy) is 1. The Morgan fingerprint density at radius 2 is 1.88 bits per heavy atom. The third kappa shape index (κ3) is 5.26. The summed E-state index contributed by atoms with van der Waals surface area (Å²) < 4.78 is 5.07. The predicted octanol–water partition coefficient (Wildman–Crippen LogP) is 1.07. The molecule has 1 N–H and O–H groups in total. The molecular formula is C17H33N5O2. The molecule has 2 heterocycles. The molecule has 0 aliphatic carbocycles. The van der Waals surface area contributed by atoms with Gasteiger partial charge in [0.25, 0.3) is 0 Å². The van der Waals surface area contributed by atoms with E-state index in [2.05, 4.69) is 27.0 Å². The van der Waals surface area contributed by atoms with Crippen LogP contribution in [0.2, 0.25) is 0 Å². The highest BCUT2D eigenvalue weighted by atomic mass is 16.6. The first-order chi connectivity index (χ1) is 11.7. The fourth-order valence-electron chi connectivity index (χ4n) is 3.48. The Kier molecular flexibility index (Phi) is 7.62. The molecular weight excluding hydrogens is 306 g/mol. The van der Waals surface area contributed by atoms with Gasteiger partial charge in [-0.3, -0.25) is 4.99 Å². The second-order valence-electron chi connectivity index (χ2n) is 6.56. The molecule has 2 rings (SSSR count). The third-order valence-electron chi connectivity index (χ3n) is 4.78. The number of amides is 1. The van der Waals surface area contributed by atoms with Crippen molar-refractivity contribution in [2.45, 2.75) is 26.7 Å². The lowest BCUT2D eigenvalue weighted by molar-refractivity contribution is 0.0914. The number of rotatable bonds is 5. The smallest absolute Gasteiger partial charge is 0.409 e. The molecule has 0 saturated carbocycles. The van der Waals surface area contributed by atoms with Crippen LogP contribution in [0.15, 0.2) is 4.99 Å². The zero-order valence-electron chi connectivity index (χ0n) is 15.5. The molecule has 0 radical (unpaired) electrons. The number of carbonyl (C=O) groups is 1. The lowest BCUT2D eigenvalue weighted by Gasteiger charge is -2.36. The highest BCUT2D eigenvalue weighted by Gasteiger charge is 2.25. The molecule has 0 aromatic heterocycles. The molecule has 24 heavy (non-hydrogen) atoms. The molecule has 2 fully saturated rings. The maximum atomic E-state index is 11.8. The van der Waals surface area contributed by atoms with Crippen LogP contribution in [-0.4, -0.2) is 92.8 Å². The third-order valence-corrected chi connectivity index (χ3v) is 4.78. The number of likely N-dealkylation sites (tertiary alicyclic amines) is 1. The van der Waals surface area contributed by atoms with E-state index < -0.39 is 0 Å². The summed E-state index contributed by atoms with van der Waals surface area (Å²) in [6.45, 7) is 12.1. The number of hydrogen-bond donors (Lipinski definition) is 1. The summed E-state index contributed by atoms with van der Waals surface area (Å²) in [5.41, 5.74) is 0. The van der Waals surface area contributed by atoms with Crippen LogP contribution >= 0.6 is 0 Å². The number of aliphatic imine (C=N–C) groups is 1. The quantitative estimate of drug-likeness (QED) is 0.600. The average molecular weight is 339 g/mol. The van der Waals surface area contributed by atoms with Crippen LogP contribution in [0.5, 0.6) is 0 Å². The van der Waals surface area contributed by atoms with Crippen molar-refractivity contribution in [1.29, 1.82) is 0 Å². The average Bonchev–Trinajstić information content (AvgIpc) is 3.04. The van der Waals surface area contributed by atoms with Gasteiger partial charge in [-0.2, -0.15) is 0 Å². The monoisotopic (exact) mass is 339 g/mol. The first-order valence-corrected chi connectivity index (χ1v) is 9.27. The van der Waals surface area contributed by atoms with Gasteiger partial charge in [0.2, 0.25) is 0 Å². The summed E-state index contributed by atoms with van der Waals surface area (Å²) in [6.07, 6.45) is 2.29. The molecule has 1 atom stereocenters. The van der Waals surface area contributed by atoms with E-state index >= 15 is 0 Å². The highest BCUT2D eigenvalue weighted by Crippen LogP contribution is 2.15. The van der Waals surface area contributed by atoms with E-state index in [1.807, 2.05) is 14.0 Å². The molecule has 7 nitrogen and oxygen atoms in total. The number of nitrogens with zero attached hydrogens (tertiary/aromatic N) is 4. The van der Waals surface area contributed by atoms with Gasteiger partial charge < -0.3 is 24.8 Å². The Labute approximate surface area is 146 Å². The topological polar surface area (TPSA) is 60.4 Å². The van der Waals surface area contributed by atoms with Crippen molar-refractivity contribution in [3.05, 3.63) is 0 Å². The van der Waals surface area contributed by atoms with E-state index in [4.69, 9.17) is 4.74 Å². The van der Waals surface area contributed by atoms with Crippen molar-refractivity contribution < 1.29 is 9.53 Å². The largest absolute Gasteiger partial charge is 0.450 e. The van der Waals surface area contributed by atoms with E-state index in [0.717, 1.165) is 25.6 Å². The van der Waals surface area contributed by atoms with Crippen molar-refractivity contribution in [3.63, 3.8) is 0 Å². The van der Waals surface area contributed by atoms with Crippen LogP contribution in [-0.2, 0) is 4.74 Å². The van der Waals surface area contributed by atoms with Gasteiger partial charge in [0.05, 0.1) is 6.61 Å². The van der Waals surface area contributed by atoms with Crippen molar-refractivity contribution in [2.24, 2.45) is 10.9 Å². The normalized spacial score (nSPS) is 22.8. The summed E-state index contributed by atoms with van der Waals surface area (Å²) in [5, 5.41) is 3.53. The number of carbonyl (C=O) groups excluding carboxylic acids is 1. The molecule has 138 valence electrons. The van der Waals surface area contributed by atoms with Gasteiger partial charge in [0, 0.05) is 46.3 Å². The minimum absolute atomic E-state index is 0.206. The number of hydrogen-bond acceptors (Lipinski definition) is 4. The van der Waals surface area contributed by atoms with Crippen molar-refractivity contribution in [1.82, 2.24) is 20.0 Å². The van der Waals surface area contributed by atoms with Crippen molar-refractivity contribution in [3.8, 4) is 0 Å². The van der Waals surface area contributed by atoms with Gasteiger partial charge in [0.1, 0.15) is 0 Å². The van der Waals surface area contributed by atoms with Gasteiger partial charge in [0.15, 0.2) is 5.96 Å². The number of piperazine rings is 1. The van der Waals surface area contributed by atoms with Crippen LogP contribution in [0.3, 0.4) is 0 Å². The fraction of sp³-hybridized carbons (Fsp3) is 0.882. The second-order valence-corrected chi connectivity index (χ2v) is 6.56. The Hall–Kier alpha value is -1.50. The first kappa shape index (κ1) is 18.8. The maximum absolute atomic E-state index is 11.8. The molecule has 0 spiro atoms. The summed E-state index contributed by atoms with van der Waals surface area (Å²) >= 11 is 0. The zero-order valence-corrected chi connectivity index (χ0v) is 15.5. The Balaban J connectivity index is 1.72. The second kappa shape index (κ2) is 9.71. The predicted molar refractivity (Wildman–Crippen MR) is 96.4 cm³/mol. The lowest BCUT2D eigenvalue weighted by Crippen LogP contribution is -2.54. The summed E-state index contributed by atoms with van der Waals surface area (Å²) in [4.78, 5) is 22.7. The lowest BCUT2D eigenvalue weighted by atomic mass is 10.1. The SMILES string of the molecule is CCCN1CCC(CNC(=NC)N2CCN(C(=O)OCC)CC2)C1. The summed E-state index contributed by atoms with van der Waals surface area (Å²) in [7, 11) is 1.83. The van der Waals surface area contributed by atoms with Gasteiger partial charge in [-0.1, -0.05) is 6.92 Å². The van der Waals surface area contributed by atoms with Crippen molar-refractivity contribution in [2.75, 3.05) is 66.0 Å². The molecule has 2 saturated heterocycles. The molecule has 2 aliphatic rings. The van der Waals surface area contributed by atoms with Gasteiger partial charge in [-0.15, -0.1) is 0 Å². The van der Waals surface area contributed by atoms with Crippen molar-refractivity contribution >= 4 is 12.1 Å². The molecule has 7 heteroatoms. The standard InChI is InChI=1S/C17H33N5O2/c1-4-7-20-8-6-15(14-20)13-19-16(18-3)21-9-11-22(12-10-21)17(23)24-5-2/h15H,4-14H2,1-3H3,(H,18,19). The maximum Gasteiger partial charge on any atom is 0.409 e. The Morgan fingerprint density at radius 3 is 2.50 bits per heavy atom. The summed E-state index contributed by atoms with van der Waals surface area (Å²) in [5.74, 6) is 1.65. The minimum atomic E-state index is -0.206. The Morgan fingerprint density at radius 1 is 1.17 bits per heavy atom. The van der Waals surface area contributed by atoms with Crippen LogP contribution in [0.25, 0.3) is 0 Å². The minimum Gasteiger partial charge on any atom is -0.450 e. The van der Waals surface area contributed by atoms with Crippen LogP contribution < -0.4 is 5.32 Å². The van der Waals surface area contributed by atoms with Crippen LogP contribution in [0.4, 0.5) is 4.79 Å². The zero-order chi connectivity index (χ0) is 17.4. The van der Waals surface area contributed by atoms with E-state index in [0.29, 0.717) is 25.6 Å². The molecule has 1 unspecified atom stereocenters. The van der Waals surface area contributed by atoms with E-state index in [-0.39, 0.29) is 6.09 Å². The van der Waals surface area contributed by atoms with Gasteiger partial charge >= 0.3 is 6.09 Å². The van der Waals surface area contributed by atoms with E-state index in [9.17, 15) is 4.79 Å². The molecule has 1 amide bonds. The van der Waals surface area contributed by atoms with Gasteiger partial charge in [-0.05, 0) is 38.8 Å². The van der Waals surface area contributed by atoms with E-state index in [1.165, 1.54) is 32.5 Å². The Bertz CT molecular complexity index is 421. The number of nitrogens with one attached hydrogen (secondary N) is 1. The number of guanidine groups is 1. The van der Waals surface area contributed by atoms with Crippen LogP contribution in [0.1, 0.15) is 26.7 Å². The molecule has 0 aromatic rings. The molecule has 0 bridgehead atoms. The summed E-state index contributed by atoms with van der Waals surface area (Å²) in [6, 6.07) is 0. The highest BCUT2D eigenvalue weighted by molar-refractivity contribution is 5.80. The van der Waals surface area contributed by atoms with E-state index in [1.54, 1.807) is 4.90 Å². The van der Waals surface area contributed by atoms with Gasteiger partial charge in [-0.25, -0.2) is 4.79 Å².